The van der Waals surface area contributed by atoms with Crippen molar-refractivity contribution >= 4 is 17.1 Å². The summed E-state index contributed by atoms with van der Waals surface area (Å²) in [7, 11) is 0. The van der Waals surface area contributed by atoms with Gasteiger partial charge in [0.1, 0.15) is 0 Å². The van der Waals surface area contributed by atoms with Crippen LogP contribution in [0, 0.1) is 0 Å². The first-order valence-electron chi connectivity index (χ1n) is 23.6. The Labute approximate surface area is 395 Å². The molecule has 0 aromatic heterocycles. The number of fused-ring (bicyclic) bond motifs is 6. The van der Waals surface area contributed by atoms with Crippen LogP contribution in [0.1, 0.15) is 49.9 Å². The lowest BCUT2D eigenvalue weighted by Gasteiger charge is -2.28. The fourth-order valence-corrected chi connectivity index (χ4v) is 11.3. The third kappa shape index (κ3) is 6.76. The first-order valence-corrected chi connectivity index (χ1v) is 23.6. The molecule has 0 fully saturated rings. The molecule has 1 nitrogen and oxygen atoms in total. The van der Waals surface area contributed by atoms with Crippen LogP contribution in [-0.4, -0.2) is 0 Å². The van der Waals surface area contributed by atoms with Crippen molar-refractivity contribution in [2.45, 2.75) is 38.5 Å². The van der Waals surface area contributed by atoms with E-state index in [1.54, 1.807) is 0 Å². The summed E-state index contributed by atoms with van der Waals surface area (Å²) in [5, 5.41) is 0. The van der Waals surface area contributed by atoms with Crippen LogP contribution in [0.5, 0.6) is 0 Å². The maximum absolute atomic E-state index is 2.41. The molecule has 320 valence electrons. The van der Waals surface area contributed by atoms with Crippen molar-refractivity contribution in [2.75, 3.05) is 4.90 Å². The van der Waals surface area contributed by atoms with Crippen LogP contribution >= 0.6 is 0 Å². The van der Waals surface area contributed by atoms with E-state index in [2.05, 4.69) is 269 Å². The standard InChI is InChI=1S/C66H51N/c1-65(2)61-26-12-10-22-57(61)59-41-36-49(43-63(59)65)46-32-37-51(38-33-46)67(53-19-14-18-50(42-53)56-24-15-25-60-58-23-11-13-27-62(58)66(3,4)64(56)60)52-39-34-48(35-40-52)55-21-9-8-20-54(55)47-30-28-45(29-31-47)44-16-6-5-7-17-44/h5-43H,1-4H3. The minimum atomic E-state index is -0.125. The average molecular weight is 858 g/mol. The molecular weight excluding hydrogens is 807 g/mol. The minimum absolute atomic E-state index is 0.0553. The molecule has 0 amide bonds. The summed E-state index contributed by atoms with van der Waals surface area (Å²) < 4.78 is 0. The average Bonchev–Trinajstić information content (AvgIpc) is 3.76. The molecule has 0 heterocycles. The molecule has 2 aliphatic rings. The Hall–Kier alpha value is -8.00. The fraction of sp³-hybridized carbons (Fsp3) is 0.0909. The molecule has 0 saturated carbocycles. The molecule has 12 rings (SSSR count). The monoisotopic (exact) mass is 857 g/mol. The van der Waals surface area contributed by atoms with Crippen molar-refractivity contribution in [1.29, 1.82) is 0 Å². The van der Waals surface area contributed by atoms with Crippen LogP contribution in [0.4, 0.5) is 17.1 Å². The van der Waals surface area contributed by atoms with E-state index < -0.39 is 0 Å². The molecule has 1 heteroatoms. The molecule has 67 heavy (non-hydrogen) atoms. The molecule has 10 aromatic rings. The van der Waals surface area contributed by atoms with Crippen LogP contribution in [0.2, 0.25) is 0 Å². The Balaban J connectivity index is 0.934. The van der Waals surface area contributed by atoms with Crippen molar-refractivity contribution in [1.82, 2.24) is 0 Å². The van der Waals surface area contributed by atoms with Gasteiger partial charge in [0, 0.05) is 27.9 Å². The predicted octanol–water partition coefficient (Wildman–Crippen LogP) is 18.1. The quantitative estimate of drug-likeness (QED) is 0.147. The Morgan fingerprint density at radius 2 is 0.657 bits per heavy atom. The van der Waals surface area contributed by atoms with E-state index in [4.69, 9.17) is 0 Å². The van der Waals surface area contributed by atoms with E-state index in [1.807, 2.05) is 0 Å². The van der Waals surface area contributed by atoms with Crippen molar-refractivity contribution in [3.63, 3.8) is 0 Å². The molecule has 0 atom stereocenters. The van der Waals surface area contributed by atoms with E-state index in [1.165, 1.54) is 100 Å². The smallest absolute Gasteiger partial charge is 0.0467 e. The highest BCUT2D eigenvalue weighted by Crippen LogP contribution is 2.53. The van der Waals surface area contributed by atoms with E-state index in [-0.39, 0.29) is 10.8 Å². The third-order valence-corrected chi connectivity index (χ3v) is 14.7. The van der Waals surface area contributed by atoms with Gasteiger partial charge in [-0.3, -0.25) is 0 Å². The van der Waals surface area contributed by atoms with Gasteiger partial charge in [-0.1, -0.05) is 222 Å². The molecule has 0 N–H and O–H groups in total. The molecule has 0 radical (unpaired) electrons. The number of benzene rings is 10. The molecule has 0 bridgehead atoms. The second-order valence-corrected chi connectivity index (χ2v) is 19.3. The minimum Gasteiger partial charge on any atom is -0.310 e. The van der Waals surface area contributed by atoms with Crippen molar-refractivity contribution in [3.8, 4) is 77.9 Å². The van der Waals surface area contributed by atoms with Gasteiger partial charge in [-0.05, 0) is 143 Å². The van der Waals surface area contributed by atoms with E-state index in [0.717, 1.165) is 17.1 Å². The first kappa shape index (κ1) is 40.5. The van der Waals surface area contributed by atoms with Crippen molar-refractivity contribution < 1.29 is 0 Å². The zero-order valence-corrected chi connectivity index (χ0v) is 38.5. The third-order valence-electron chi connectivity index (χ3n) is 14.7. The topological polar surface area (TPSA) is 3.24 Å². The number of nitrogens with zero attached hydrogens (tertiary/aromatic N) is 1. The van der Waals surface area contributed by atoms with E-state index in [9.17, 15) is 0 Å². The molecule has 0 aliphatic heterocycles. The van der Waals surface area contributed by atoms with Gasteiger partial charge in [-0.2, -0.15) is 0 Å². The largest absolute Gasteiger partial charge is 0.310 e. The molecule has 0 unspecified atom stereocenters. The second-order valence-electron chi connectivity index (χ2n) is 19.3. The first-order chi connectivity index (χ1) is 32.7. The van der Waals surface area contributed by atoms with Crippen molar-refractivity contribution in [3.05, 3.63) is 259 Å². The van der Waals surface area contributed by atoms with Gasteiger partial charge in [0.2, 0.25) is 0 Å². The summed E-state index contributed by atoms with van der Waals surface area (Å²) in [5.74, 6) is 0. The van der Waals surface area contributed by atoms with Gasteiger partial charge in [0.05, 0.1) is 0 Å². The Morgan fingerprint density at radius 1 is 0.239 bits per heavy atom. The van der Waals surface area contributed by atoms with Crippen LogP contribution in [0.15, 0.2) is 237 Å². The van der Waals surface area contributed by atoms with E-state index in [0.29, 0.717) is 0 Å². The summed E-state index contributed by atoms with van der Waals surface area (Å²) in [6, 6.07) is 87.4. The zero-order valence-electron chi connectivity index (χ0n) is 38.5. The maximum atomic E-state index is 2.41. The number of rotatable bonds is 8. The van der Waals surface area contributed by atoms with Crippen LogP contribution in [0.3, 0.4) is 0 Å². The van der Waals surface area contributed by atoms with Gasteiger partial charge >= 0.3 is 0 Å². The highest BCUT2D eigenvalue weighted by atomic mass is 15.1. The van der Waals surface area contributed by atoms with E-state index >= 15 is 0 Å². The molecular formula is C66H51N. The molecule has 10 aromatic carbocycles. The highest BCUT2D eigenvalue weighted by molar-refractivity contribution is 5.91. The highest BCUT2D eigenvalue weighted by Gasteiger charge is 2.38. The van der Waals surface area contributed by atoms with Crippen molar-refractivity contribution in [2.24, 2.45) is 0 Å². The lowest BCUT2D eigenvalue weighted by Crippen LogP contribution is -2.16. The summed E-state index contributed by atoms with van der Waals surface area (Å²) in [4.78, 5) is 2.41. The zero-order chi connectivity index (χ0) is 45.3. The number of hydrogen-bond acceptors (Lipinski definition) is 1. The van der Waals surface area contributed by atoms with Crippen LogP contribution in [0.25, 0.3) is 77.9 Å². The Bertz CT molecular complexity index is 3480. The summed E-state index contributed by atoms with van der Waals surface area (Å²) in [6.07, 6.45) is 0. The lowest BCUT2D eigenvalue weighted by atomic mass is 9.79. The normalized spacial score (nSPS) is 13.6. The lowest BCUT2D eigenvalue weighted by molar-refractivity contribution is 0.660. The second kappa shape index (κ2) is 15.9. The molecule has 0 saturated heterocycles. The number of hydrogen-bond donors (Lipinski definition) is 0. The van der Waals surface area contributed by atoms with Gasteiger partial charge in [0.25, 0.3) is 0 Å². The SMILES string of the molecule is CC1(C)c2ccccc2-c2ccc(-c3ccc(N(c4ccc(-c5ccccc5-c5ccc(-c6ccccc6)cc5)cc4)c4cccc(-c5cccc6c5C(C)(C)c5ccccc5-6)c4)cc3)cc21. The summed E-state index contributed by atoms with van der Waals surface area (Å²) >= 11 is 0. The van der Waals surface area contributed by atoms with Crippen LogP contribution < -0.4 is 4.90 Å². The molecule has 2 aliphatic carbocycles. The van der Waals surface area contributed by atoms with Gasteiger partial charge in [0.15, 0.2) is 0 Å². The summed E-state index contributed by atoms with van der Waals surface area (Å²) in [5.41, 5.74) is 26.2. The summed E-state index contributed by atoms with van der Waals surface area (Å²) in [6.45, 7) is 9.46. The Morgan fingerprint density at radius 3 is 1.31 bits per heavy atom. The fourth-order valence-electron chi connectivity index (χ4n) is 11.3. The van der Waals surface area contributed by atoms with Crippen LogP contribution in [-0.2, 0) is 10.8 Å². The Kier molecular flexibility index (Phi) is 9.59. The molecule has 0 spiro atoms. The van der Waals surface area contributed by atoms with Gasteiger partial charge in [-0.25, -0.2) is 0 Å². The number of anilines is 3. The van der Waals surface area contributed by atoms with Gasteiger partial charge in [-0.15, -0.1) is 0 Å². The van der Waals surface area contributed by atoms with Gasteiger partial charge < -0.3 is 4.90 Å². The maximum Gasteiger partial charge on any atom is 0.0467 e. The predicted molar refractivity (Wildman–Crippen MR) is 283 cm³/mol.